The summed E-state index contributed by atoms with van der Waals surface area (Å²) in [5, 5.41) is 2.79. The van der Waals surface area contributed by atoms with Gasteiger partial charge in [0.1, 0.15) is 0 Å². The van der Waals surface area contributed by atoms with Gasteiger partial charge in [-0.05, 0) is 0 Å². The molecular weight excluding hydrogens is 239 g/mol. The van der Waals surface area contributed by atoms with Crippen molar-refractivity contribution < 1.29 is 37.5 Å². The number of nitrogens with one attached hydrogen (secondary N) is 1. The average Bonchev–Trinajstić information content (AvgIpc) is 2.09. The van der Waals surface area contributed by atoms with Gasteiger partial charge < -0.3 is 5.32 Å². The van der Waals surface area contributed by atoms with Crippen LogP contribution in [0.3, 0.4) is 0 Å². The van der Waals surface area contributed by atoms with E-state index in [1.165, 1.54) is 0 Å². The second-order valence-electron chi connectivity index (χ2n) is 2.64. The topological polar surface area (TPSA) is 29.1 Å². The molecule has 0 atom stereocenters. The van der Waals surface area contributed by atoms with Crippen LogP contribution in [-0.2, 0) is 37.5 Å². The molecule has 1 rings (SSSR count). The van der Waals surface area contributed by atoms with Crippen molar-refractivity contribution in [2.75, 3.05) is 5.32 Å². The number of amides is 1. The number of carbonyl (C=O) groups excluding carboxylic acids is 1. The zero-order valence-corrected chi connectivity index (χ0v) is 10.8. The van der Waals surface area contributed by atoms with E-state index in [4.69, 9.17) is 0 Å². The molecule has 0 unspecified atom stereocenters. The Morgan fingerprint density at radius 1 is 1.62 bits per heavy atom. The van der Waals surface area contributed by atoms with Crippen LogP contribution in [0.15, 0.2) is 18.2 Å². The molecule has 0 aliphatic carbocycles. The third-order valence-corrected chi connectivity index (χ3v) is 1.68. The zero-order chi connectivity index (χ0) is 8.97. The largest absolute Gasteiger partial charge is 0.379 e. The number of benzene rings is 1. The summed E-state index contributed by atoms with van der Waals surface area (Å²) in [7, 11) is 0. The summed E-state index contributed by atoms with van der Waals surface area (Å²) in [6.07, 6.45) is 0.508. The van der Waals surface area contributed by atoms with E-state index < -0.39 is 0 Å². The Morgan fingerprint density at radius 2 is 2.31 bits per heavy atom. The van der Waals surface area contributed by atoms with Gasteiger partial charge >= 0.3 is 0 Å². The second-order valence-corrected chi connectivity index (χ2v) is 2.64. The molecule has 0 bridgehead atoms. The van der Waals surface area contributed by atoms with E-state index >= 15 is 0 Å². The normalized spacial score (nSPS) is 8.77. The number of anilines is 1. The summed E-state index contributed by atoms with van der Waals surface area (Å²) in [5.74, 6) is 0.0395. The summed E-state index contributed by atoms with van der Waals surface area (Å²) >= 11 is 0. The number of hydrogen-bond donors (Lipinski definition) is 1. The number of aryl methyl sites for hydroxylation is 1. The smallest absolute Gasteiger partial charge is 0.213 e. The predicted molar refractivity (Wildman–Crippen MR) is 48.9 cm³/mol. The van der Waals surface area contributed by atoms with Crippen LogP contribution in [0.4, 0.5) is 5.69 Å². The zero-order valence-electron chi connectivity index (χ0n) is 7.92. The van der Waals surface area contributed by atoms with Gasteiger partial charge in [0.25, 0.3) is 0 Å². The Morgan fingerprint density at radius 3 is 2.85 bits per heavy atom. The Labute approximate surface area is 104 Å². The van der Waals surface area contributed by atoms with Crippen LogP contribution in [0, 0.1) is 13.0 Å². The minimum Gasteiger partial charge on any atom is -0.379 e. The Balaban J connectivity index is 0.00000144. The molecule has 0 fully saturated rings. The van der Waals surface area contributed by atoms with Crippen molar-refractivity contribution in [2.45, 2.75) is 20.3 Å². The van der Waals surface area contributed by atoms with Gasteiger partial charge in [-0.15, -0.1) is 5.56 Å². The van der Waals surface area contributed by atoms with E-state index in [1.54, 1.807) is 6.07 Å². The van der Waals surface area contributed by atoms with Crippen LogP contribution in [0.5, 0.6) is 0 Å². The van der Waals surface area contributed by atoms with Crippen LogP contribution in [0.1, 0.15) is 18.9 Å². The van der Waals surface area contributed by atoms with Crippen LogP contribution in [0.2, 0.25) is 0 Å². The summed E-state index contributed by atoms with van der Waals surface area (Å²) in [6, 6.07) is 8.45. The molecule has 2 nitrogen and oxygen atoms in total. The molecule has 0 aliphatic heterocycles. The van der Waals surface area contributed by atoms with Crippen LogP contribution < -0.4 is 5.32 Å². The van der Waals surface area contributed by atoms with Gasteiger partial charge in [-0.2, -0.15) is 24.3 Å². The SMILES string of the molecule is CCC(=O)Nc1c[c-]ccc1C.[Y]. The molecule has 1 radical (unpaired) electrons. The van der Waals surface area contributed by atoms with Crippen molar-refractivity contribution in [3.63, 3.8) is 0 Å². The first-order valence-electron chi connectivity index (χ1n) is 4.00. The standard InChI is InChI=1S/C10H12NO.Y/c1-3-10(12)11-9-7-5-4-6-8(9)2;/h4,6-7H,3H2,1-2H3,(H,11,12);/q-1;. The van der Waals surface area contributed by atoms with Crippen molar-refractivity contribution in [2.24, 2.45) is 0 Å². The summed E-state index contributed by atoms with van der Waals surface area (Å²) in [5.41, 5.74) is 1.92. The molecular formula is C10H12NOY-. The van der Waals surface area contributed by atoms with E-state index in [-0.39, 0.29) is 38.6 Å². The van der Waals surface area contributed by atoms with E-state index in [9.17, 15) is 4.79 Å². The van der Waals surface area contributed by atoms with Gasteiger partial charge in [0, 0.05) is 39.1 Å². The number of hydrogen-bond acceptors (Lipinski definition) is 1. The Bertz CT molecular complexity index is 286. The minimum atomic E-state index is 0. The quantitative estimate of drug-likeness (QED) is 0.801. The van der Waals surface area contributed by atoms with E-state index in [2.05, 4.69) is 11.4 Å². The monoisotopic (exact) mass is 251 g/mol. The first-order valence-corrected chi connectivity index (χ1v) is 4.00. The third-order valence-electron chi connectivity index (χ3n) is 1.68. The molecule has 0 aliphatic rings. The van der Waals surface area contributed by atoms with E-state index in [0.717, 1.165) is 11.3 Å². The molecule has 0 heterocycles. The van der Waals surface area contributed by atoms with Gasteiger partial charge in [0.05, 0.1) is 0 Å². The molecule has 1 aromatic rings. The van der Waals surface area contributed by atoms with Crippen molar-refractivity contribution >= 4 is 11.6 Å². The van der Waals surface area contributed by atoms with Gasteiger partial charge in [-0.3, -0.25) is 4.79 Å². The van der Waals surface area contributed by atoms with Crippen molar-refractivity contribution in [3.8, 4) is 0 Å². The number of carbonyl (C=O) groups is 1. The van der Waals surface area contributed by atoms with Crippen molar-refractivity contribution in [1.82, 2.24) is 0 Å². The average molecular weight is 251 g/mol. The van der Waals surface area contributed by atoms with Crippen molar-refractivity contribution in [1.29, 1.82) is 0 Å². The van der Waals surface area contributed by atoms with E-state index in [1.807, 2.05) is 26.0 Å². The molecule has 0 saturated heterocycles. The number of rotatable bonds is 2. The molecule has 0 saturated carbocycles. The molecule has 3 heteroatoms. The van der Waals surface area contributed by atoms with Crippen molar-refractivity contribution in [3.05, 3.63) is 29.8 Å². The first-order chi connectivity index (χ1) is 5.74. The summed E-state index contributed by atoms with van der Waals surface area (Å²) in [6.45, 7) is 3.79. The fourth-order valence-corrected chi connectivity index (χ4v) is 0.881. The molecule has 1 N–H and O–H groups in total. The maximum absolute atomic E-state index is 11.0. The summed E-state index contributed by atoms with van der Waals surface area (Å²) < 4.78 is 0. The maximum atomic E-state index is 11.0. The fraction of sp³-hybridized carbons (Fsp3) is 0.300. The predicted octanol–water partition coefficient (Wildman–Crippen LogP) is 2.14. The molecule has 0 spiro atoms. The second kappa shape index (κ2) is 6.28. The molecule has 67 valence electrons. The fourth-order valence-electron chi connectivity index (χ4n) is 0.881. The Hall–Kier alpha value is -0.206. The third kappa shape index (κ3) is 4.01. The molecule has 0 aromatic heterocycles. The molecule has 1 aromatic carbocycles. The Kier molecular flexibility index (Phi) is 6.18. The van der Waals surface area contributed by atoms with Gasteiger partial charge in [0.2, 0.25) is 5.91 Å². The van der Waals surface area contributed by atoms with Gasteiger partial charge in [-0.1, -0.05) is 19.5 Å². The van der Waals surface area contributed by atoms with Gasteiger partial charge in [0.15, 0.2) is 0 Å². The van der Waals surface area contributed by atoms with E-state index in [0.29, 0.717) is 6.42 Å². The first kappa shape index (κ1) is 12.8. The molecule has 13 heavy (non-hydrogen) atoms. The minimum absolute atomic E-state index is 0. The van der Waals surface area contributed by atoms with Crippen LogP contribution in [0.25, 0.3) is 0 Å². The van der Waals surface area contributed by atoms with Crippen LogP contribution >= 0.6 is 0 Å². The van der Waals surface area contributed by atoms with Gasteiger partial charge in [-0.25, -0.2) is 0 Å². The van der Waals surface area contributed by atoms with Crippen LogP contribution in [-0.4, -0.2) is 5.91 Å². The molecule has 1 amide bonds. The maximum Gasteiger partial charge on any atom is 0.213 e. The summed E-state index contributed by atoms with van der Waals surface area (Å²) in [4.78, 5) is 11.0.